The van der Waals surface area contributed by atoms with Gasteiger partial charge in [-0.1, -0.05) is 26.8 Å². The van der Waals surface area contributed by atoms with Gasteiger partial charge in [-0.3, -0.25) is 9.88 Å². The molecule has 1 aromatic carbocycles. The van der Waals surface area contributed by atoms with Crippen molar-refractivity contribution in [3.63, 3.8) is 0 Å². The Bertz CT molecular complexity index is 799. The Balaban J connectivity index is 1.42. The molecule has 1 aliphatic heterocycles. The van der Waals surface area contributed by atoms with E-state index in [2.05, 4.69) is 41.6 Å². The lowest BCUT2D eigenvalue weighted by Gasteiger charge is -2.35. The molecule has 1 fully saturated rings. The Morgan fingerprint density at radius 3 is 2.45 bits per heavy atom. The maximum Gasteiger partial charge on any atom is 0.123 e. The second kappa shape index (κ2) is 10.9. The summed E-state index contributed by atoms with van der Waals surface area (Å²) in [5, 5.41) is 10.6. The predicted octanol–water partition coefficient (Wildman–Crippen LogP) is 2.99. The van der Waals surface area contributed by atoms with Crippen LogP contribution in [0.2, 0.25) is 0 Å². The summed E-state index contributed by atoms with van der Waals surface area (Å²) in [5.41, 5.74) is 2.16. The molecule has 1 saturated heterocycles. The van der Waals surface area contributed by atoms with Gasteiger partial charge < -0.3 is 19.5 Å². The number of piperazine rings is 1. The Kier molecular flexibility index (Phi) is 8.29. The van der Waals surface area contributed by atoms with Crippen LogP contribution in [0.5, 0.6) is 11.5 Å². The van der Waals surface area contributed by atoms with Crippen molar-refractivity contribution in [1.82, 2.24) is 14.8 Å². The molecule has 3 rings (SSSR count). The zero-order valence-electron chi connectivity index (χ0n) is 19.4. The lowest BCUT2D eigenvalue weighted by atomic mass is 9.86. The molecule has 170 valence electrons. The van der Waals surface area contributed by atoms with Gasteiger partial charge in [0.25, 0.3) is 0 Å². The molecule has 1 atom stereocenters. The van der Waals surface area contributed by atoms with Crippen molar-refractivity contribution in [2.75, 3.05) is 53.0 Å². The van der Waals surface area contributed by atoms with Crippen molar-refractivity contribution < 1.29 is 14.6 Å². The van der Waals surface area contributed by atoms with E-state index in [1.54, 1.807) is 7.11 Å². The summed E-state index contributed by atoms with van der Waals surface area (Å²) in [6.07, 6.45) is 2.32. The van der Waals surface area contributed by atoms with E-state index in [1.807, 2.05) is 36.5 Å². The van der Waals surface area contributed by atoms with Gasteiger partial charge in [-0.05, 0) is 35.7 Å². The van der Waals surface area contributed by atoms with E-state index in [1.165, 1.54) is 0 Å². The van der Waals surface area contributed by atoms with Crippen LogP contribution in [-0.4, -0.2) is 79.0 Å². The Morgan fingerprint density at radius 2 is 1.81 bits per heavy atom. The van der Waals surface area contributed by atoms with Gasteiger partial charge in [0.05, 0.1) is 7.11 Å². The molecular formula is C25H37N3O3. The Morgan fingerprint density at radius 1 is 1.06 bits per heavy atom. The fraction of sp³-hybridized carbons (Fsp3) is 0.560. The van der Waals surface area contributed by atoms with Gasteiger partial charge >= 0.3 is 0 Å². The molecule has 6 heteroatoms. The number of hydrogen-bond donors (Lipinski definition) is 1. The smallest absolute Gasteiger partial charge is 0.123 e. The topological polar surface area (TPSA) is 58.1 Å². The summed E-state index contributed by atoms with van der Waals surface area (Å²) < 4.78 is 11.4. The van der Waals surface area contributed by atoms with Gasteiger partial charge in [-0.2, -0.15) is 0 Å². The van der Waals surface area contributed by atoms with Crippen LogP contribution in [0.1, 0.15) is 32.0 Å². The van der Waals surface area contributed by atoms with Gasteiger partial charge in [0, 0.05) is 63.1 Å². The molecule has 31 heavy (non-hydrogen) atoms. The SMILES string of the molecule is COc1ccc(OCC(O)CN2CCN(CCc3ccccn3)CC2)c(C(C)(C)C)c1. The van der Waals surface area contributed by atoms with Crippen LogP contribution in [0.3, 0.4) is 0 Å². The highest BCUT2D eigenvalue weighted by Crippen LogP contribution is 2.34. The van der Waals surface area contributed by atoms with Crippen LogP contribution in [0, 0.1) is 0 Å². The molecule has 0 bridgehead atoms. The number of aliphatic hydroxyl groups is 1. The van der Waals surface area contributed by atoms with Crippen molar-refractivity contribution in [2.24, 2.45) is 0 Å². The first-order valence-corrected chi connectivity index (χ1v) is 11.2. The summed E-state index contributed by atoms with van der Waals surface area (Å²) >= 11 is 0. The molecule has 1 aliphatic rings. The van der Waals surface area contributed by atoms with Crippen LogP contribution < -0.4 is 9.47 Å². The quantitative estimate of drug-likeness (QED) is 0.664. The molecule has 1 N–H and O–H groups in total. The van der Waals surface area contributed by atoms with Crippen molar-refractivity contribution in [3.8, 4) is 11.5 Å². The van der Waals surface area contributed by atoms with E-state index < -0.39 is 6.10 Å². The van der Waals surface area contributed by atoms with Crippen molar-refractivity contribution >= 4 is 0 Å². The molecule has 0 radical (unpaired) electrons. The van der Waals surface area contributed by atoms with Crippen LogP contribution in [0.25, 0.3) is 0 Å². The highest BCUT2D eigenvalue weighted by Gasteiger charge is 2.22. The molecule has 2 heterocycles. The lowest BCUT2D eigenvalue weighted by molar-refractivity contribution is 0.0458. The highest BCUT2D eigenvalue weighted by molar-refractivity contribution is 5.44. The fourth-order valence-corrected chi connectivity index (χ4v) is 3.90. The number of hydrogen-bond acceptors (Lipinski definition) is 6. The number of pyridine rings is 1. The average molecular weight is 428 g/mol. The minimum absolute atomic E-state index is 0.0690. The van der Waals surface area contributed by atoms with Gasteiger partial charge in [0.2, 0.25) is 0 Å². The molecule has 0 aliphatic carbocycles. The number of rotatable bonds is 9. The van der Waals surface area contributed by atoms with E-state index in [0.29, 0.717) is 6.54 Å². The average Bonchev–Trinajstić information content (AvgIpc) is 2.77. The third-order valence-corrected chi connectivity index (χ3v) is 5.77. The number of methoxy groups -OCH3 is 1. The number of β-amino-alcohol motifs (C(OH)–C–C–N with tert-alkyl or cyclic N) is 1. The Hall–Kier alpha value is -2.15. The predicted molar refractivity (Wildman–Crippen MR) is 124 cm³/mol. The summed E-state index contributed by atoms with van der Waals surface area (Å²) in [5.74, 6) is 1.63. The van der Waals surface area contributed by atoms with Gasteiger partial charge in [0.15, 0.2) is 0 Å². The molecule has 0 spiro atoms. The standard InChI is InChI=1S/C25H37N3O3/c1-25(2,3)23-17-22(30-4)8-9-24(23)31-19-21(29)18-28-15-13-27(14-16-28)12-10-20-7-5-6-11-26-20/h5-9,11,17,21,29H,10,12-16,18-19H2,1-4H3. The maximum atomic E-state index is 10.6. The van der Waals surface area contributed by atoms with Crippen molar-refractivity contribution in [1.29, 1.82) is 0 Å². The minimum atomic E-state index is -0.519. The van der Waals surface area contributed by atoms with Gasteiger partial charge in [0.1, 0.15) is 24.2 Å². The number of benzene rings is 1. The highest BCUT2D eigenvalue weighted by atomic mass is 16.5. The third-order valence-electron chi connectivity index (χ3n) is 5.77. The second-order valence-corrected chi connectivity index (χ2v) is 9.29. The number of aliphatic hydroxyl groups excluding tert-OH is 1. The van der Waals surface area contributed by atoms with E-state index in [9.17, 15) is 5.11 Å². The van der Waals surface area contributed by atoms with Gasteiger partial charge in [-0.15, -0.1) is 0 Å². The molecule has 1 unspecified atom stereocenters. The first kappa shape index (κ1) is 23.5. The molecule has 6 nitrogen and oxygen atoms in total. The van der Waals surface area contributed by atoms with Crippen LogP contribution in [0.4, 0.5) is 0 Å². The monoisotopic (exact) mass is 427 g/mol. The van der Waals surface area contributed by atoms with Crippen molar-refractivity contribution in [2.45, 2.75) is 38.7 Å². The zero-order valence-corrected chi connectivity index (χ0v) is 19.4. The van der Waals surface area contributed by atoms with E-state index in [-0.39, 0.29) is 12.0 Å². The number of aromatic nitrogens is 1. The van der Waals surface area contributed by atoms with Gasteiger partial charge in [-0.25, -0.2) is 0 Å². The summed E-state index contributed by atoms with van der Waals surface area (Å²) in [6, 6.07) is 11.9. The molecule has 2 aromatic rings. The van der Waals surface area contributed by atoms with Crippen LogP contribution in [-0.2, 0) is 11.8 Å². The molecule has 1 aromatic heterocycles. The second-order valence-electron chi connectivity index (χ2n) is 9.29. The number of ether oxygens (including phenoxy) is 2. The van der Waals surface area contributed by atoms with Crippen LogP contribution >= 0.6 is 0 Å². The fourth-order valence-electron chi connectivity index (χ4n) is 3.90. The first-order valence-electron chi connectivity index (χ1n) is 11.2. The zero-order chi connectivity index (χ0) is 22.3. The lowest BCUT2D eigenvalue weighted by Crippen LogP contribution is -2.49. The van der Waals surface area contributed by atoms with E-state index in [4.69, 9.17) is 9.47 Å². The summed E-state index contributed by atoms with van der Waals surface area (Å²) in [6.45, 7) is 12.4. The molecular weight excluding hydrogens is 390 g/mol. The summed E-state index contributed by atoms with van der Waals surface area (Å²) in [4.78, 5) is 9.20. The van der Waals surface area contributed by atoms with E-state index in [0.717, 1.165) is 61.9 Å². The number of nitrogens with zero attached hydrogens (tertiary/aromatic N) is 3. The normalized spacial score (nSPS) is 16.8. The largest absolute Gasteiger partial charge is 0.497 e. The Labute approximate surface area is 186 Å². The molecule has 0 amide bonds. The molecule has 0 saturated carbocycles. The third kappa shape index (κ3) is 7.20. The van der Waals surface area contributed by atoms with Crippen LogP contribution in [0.15, 0.2) is 42.6 Å². The first-order chi connectivity index (χ1) is 14.8. The summed E-state index contributed by atoms with van der Waals surface area (Å²) in [7, 11) is 1.67. The maximum absolute atomic E-state index is 10.6. The van der Waals surface area contributed by atoms with E-state index >= 15 is 0 Å². The minimum Gasteiger partial charge on any atom is -0.497 e. The van der Waals surface area contributed by atoms with Crippen molar-refractivity contribution in [3.05, 3.63) is 53.9 Å².